The summed E-state index contributed by atoms with van der Waals surface area (Å²) in [5.41, 5.74) is -1.63. The van der Waals surface area contributed by atoms with Crippen LogP contribution in [-0.4, -0.2) is 36.8 Å². The van der Waals surface area contributed by atoms with E-state index in [1.165, 1.54) is 36.0 Å². The summed E-state index contributed by atoms with van der Waals surface area (Å²) < 4.78 is 52.2. The van der Waals surface area contributed by atoms with Gasteiger partial charge in [0, 0.05) is 32.3 Å². The van der Waals surface area contributed by atoms with Gasteiger partial charge in [0.05, 0.1) is 6.20 Å². The van der Waals surface area contributed by atoms with Crippen LogP contribution >= 0.6 is 0 Å². The van der Waals surface area contributed by atoms with E-state index in [1.807, 2.05) is 0 Å². The second kappa shape index (κ2) is 8.84. The first-order chi connectivity index (χ1) is 16.9. The van der Waals surface area contributed by atoms with E-state index >= 15 is 0 Å². The molecule has 4 rings (SSSR count). The van der Waals surface area contributed by atoms with E-state index < -0.39 is 11.6 Å². The van der Waals surface area contributed by atoms with Gasteiger partial charge < -0.3 is 24.5 Å². The van der Waals surface area contributed by atoms with Crippen molar-refractivity contribution < 1.29 is 27.2 Å². The second-order valence-electron chi connectivity index (χ2n) is 8.26. The van der Waals surface area contributed by atoms with Gasteiger partial charge in [0.25, 0.3) is 0 Å². The molecule has 0 aromatic carbocycles. The SMILES string of the molecule is CC(=O)Nc1cc(Oc2cnc3nc(Nc4cc(C(C)(C)C(F)(F)F)on4)n(C)c3c2C#N)ccn1. The highest BCUT2D eigenvalue weighted by Gasteiger charge is 2.51. The van der Waals surface area contributed by atoms with Crippen molar-refractivity contribution in [3.05, 3.63) is 41.9 Å². The van der Waals surface area contributed by atoms with Crippen LogP contribution < -0.4 is 15.4 Å². The number of rotatable bonds is 6. The molecule has 11 nitrogen and oxygen atoms in total. The van der Waals surface area contributed by atoms with Crippen LogP contribution in [-0.2, 0) is 17.3 Å². The van der Waals surface area contributed by atoms with E-state index in [4.69, 9.17) is 9.26 Å². The maximum absolute atomic E-state index is 13.3. The minimum absolute atomic E-state index is 0.00185. The number of nitriles is 1. The summed E-state index contributed by atoms with van der Waals surface area (Å²) in [6.07, 6.45) is -1.80. The lowest BCUT2D eigenvalue weighted by Crippen LogP contribution is -2.35. The molecular weight excluding hydrogens is 481 g/mol. The van der Waals surface area contributed by atoms with Crippen molar-refractivity contribution in [1.29, 1.82) is 5.26 Å². The number of pyridine rings is 2. The Morgan fingerprint density at radius 1 is 1.22 bits per heavy atom. The second-order valence-corrected chi connectivity index (χ2v) is 8.26. The first-order valence-corrected chi connectivity index (χ1v) is 10.4. The molecule has 0 aliphatic rings. The summed E-state index contributed by atoms with van der Waals surface area (Å²) in [6.45, 7) is 3.31. The van der Waals surface area contributed by atoms with Crippen LogP contribution in [0.1, 0.15) is 32.1 Å². The van der Waals surface area contributed by atoms with Gasteiger partial charge in [0.15, 0.2) is 23.0 Å². The fourth-order valence-electron chi connectivity index (χ4n) is 3.19. The van der Waals surface area contributed by atoms with Crippen molar-refractivity contribution >= 4 is 34.7 Å². The van der Waals surface area contributed by atoms with Crippen molar-refractivity contribution in [2.24, 2.45) is 7.05 Å². The van der Waals surface area contributed by atoms with Crippen molar-refractivity contribution in [2.45, 2.75) is 32.4 Å². The summed E-state index contributed by atoms with van der Waals surface area (Å²) in [6, 6.07) is 6.22. The summed E-state index contributed by atoms with van der Waals surface area (Å²) in [4.78, 5) is 23.8. The lowest BCUT2D eigenvalue weighted by molar-refractivity contribution is -0.185. The van der Waals surface area contributed by atoms with Crippen LogP contribution in [0.2, 0.25) is 0 Å². The first kappa shape index (κ1) is 24.5. The molecule has 4 heterocycles. The highest BCUT2D eigenvalue weighted by Crippen LogP contribution is 2.41. The number of aryl methyl sites for hydroxylation is 1. The Bertz CT molecular complexity index is 1500. The molecule has 0 aliphatic heterocycles. The Balaban J connectivity index is 1.66. The quantitative estimate of drug-likeness (QED) is 0.389. The lowest BCUT2D eigenvalue weighted by Gasteiger charge is -2.24. The third kappa shape index (κ3) is 4.50. The molecule has 0 unspecified atom stereocenters. The fraction of sp³-hybridized carbons (Fsp3) is 0.273. The van der Waals surface area contributed by atoms with Gasteiger partial charge in [0.1, 0.15) is 34.1 Å². The van der Waals surface area contributed by atoms with Crippen LogP contribution in [0.5, 0.6) is 11.5 Å². The van der Waals surface area contributed by atoms with Crippen molar-refractivity contribution in [3.63, 3.8) is 0 Å². The molecule has 36 heavy (non-hydrogen) atoms. The smallest absolute Gasteiger partial charge is 0.401 e. The molecule has 0 radical (unpaired) electrons. The number of hydrogen-bond acceptors (Lipinski definition) is 9. The maximum Gasteiger partial charge on any atom is 0.401 e. The average molecular weight is 500 g/mol. The van der Waals surface area contributed by atoms with Gasteiger partial charge in [-0.25, -0.2) is 9.97 Å². The van der Waals surface area contributed by atoms with Crippen molar-refractivity contribution in [1.82, 2.24) is 24.7 Å². The number of aromatic nitrogens is 5. The van der Waals surface area contributed by atoms with E-state index in [0.29, 0.717) is 11.3 Å². The molecule has 0 saturated heterocycles. The molecular formula is C22H19F3N8O3. The predicted molar refractivity (Wildman–Crippen MR) is 121 cm³/mol. The van der Waals surface area contributed by atoms with Gasteiger partial charge in [-0.3, -0.25) is 4.79 Å². The zero-order chi connectivity index (χ0) is 26.3. The van der Waals surface area contributed by atoms with Crippen LogP contribution in [0.3, 0.4) is 0 Å². The van der Waals surface area contributed by atoms with E-state index in [1.54, 1.807) is 7.05 Å². The maximum atomic E-state index is 13.3. The normalized spacial score (nSPS) is 11.8. The Kier molecular flexibility index (Phi) is 6.00. The summed E-state index contributed by atoms with van der Waals surface area (Å²) in [5.74, 6) is 0.158. The standard InChI is InChI=1S/C22H19F3N8O3/c1-11(34)29-16-7-12(5-6-27-16)35-14-10-28-19-18(13(14)9-26)33(4)20(31-19)30-17-8-15(36-32-17)21(2,3)22(23,24)25/h5-8,10H,1-4H3,(H,27,29,34)(H,28,30,31,32). The Morgan fingerprint density at radius 3 is 2.64 bits per heavy atom. The Hall–Kier alpha value is -4.67. The van der Waals surface area contributed by atoms with E-state index in [2.05, 4.69) is 36.8 Å². The van der Waals surface area contributed by atoms with Gasteiger partial charge >= 0.3 is 6.18 Å². The molecule has 2 N–H and O–H groups in total. The third-order valence-electron chi connectivity index (χ3n) is 5.31. The van der Waals surface area contributed by atoms with Crippen molar-refractivity contribution in [3.8, 4) is 17.6 Å². The van der Waals surface area contributed by atoms with Crippen LogP contribution in [0.15, 0.2) is 35.1 Å². The molecule has 186 valence electrons. The van der Waals surface area contributed by atoms with Crippen LogP contribution in [0.4, 0.5) is 30.8 Å². The molecule has 4 aromatic rings. The monoisotopic (exact) mass is 500 g/mol. The van der Waals surface area contributed by atoms with Gasteiger partial charge in [-0.05, 0) is 19.9 Å². The lowest BCUT2D eigenvalue weighted by atomic mass is 9.89. The summed E-state index contributed by atoms with van der Waals surface area (Å²) in [7, 11) is 1.59. The summed E-state index contributed by atoms with van der Waals surface area (Å²) >= 11 is 0. The number of carbonyl (C=O) groups is 1. The molecule has 0 atom stereocenters. The van der Waals surface area contributed by atoms with Gasteiger partial charge in [0.2, 0.25) is 11.9 Å². The average Bonchev–Trinajstić information content (AvgIpc) is 3.38. The minimum Gasteiger partial charge on any atom is -0.454 e. The number of fused-ring (bicyclic) bond motifs is 1. The number of hydrogen-bond donors (Lipinski definition) is 2. The third-order valence-corrected chi connectivity index (χ3v) is 5.31. The number of nitrogens with zero attached hydrogens (tertiary/aromatic N) is 6. The number of anilines is 3. The number of halogens is 3. The highest BCUT2D eigenvalue weighted by molar-refractivity contribution is 5.87. The first-order valence-electron chi connectivity index (χ1n) is 10.4. The zero-order valence-electron chi connectivity index (χ0n) is 19.4. The molecule has 0 saturated carbocycles. The largest absolute Gasteiger partial charge is 0.454 e. The highest BCUT2D eigenvalue weighted by atomic mass is 19.4. The molecule has 0 fully saturated rings. The number of nitrogens with one attached hydrogen (secondary N) is 2. The molecule has 0 aliphatic carbocycles. The van der Waals surface area contributed by atoms with Crippen molar-refractivity contribution in [2.75, 3.05) is 10.6 Å². The number of alkyl halides is 3. The zero-order valence-corrected chi connectivity index (χ0v) is 19.4. The Morgan fingerprint density at radius 2 is 1.97 bits per heavy atom. The summed E-state index contributed by atoms with van der Waals surface area (Å²) in [5, 5.41) is 18.8. The minimum atomic E-state index is -4.54. The Labute approximate surface area is 201 Å². The van der Waals surface area contributed by atoms with Crippen LogP contribution in [0.25, 0.3) is 11.2 Å². The van der Waals surface area contributed by atoms with Gasteiger partial charge in [-0.2, -0.15) is 23.4 Å². The molecule has 4 aromatic heterocycles. The molecule has 14 heteroatoms. The van der Waals surface area contributed by atoms with Gasteiger partial charge in [-0.1, -0.05) is 5.16 Å². The van der Waals surface area contributed by atoms with E-state index in [9.17, 15) is 23.2 Å². The molecule has 0 spiro atoms. The van der Waals surface area contributed by atoms with Gasteiger partial charge in [-0.15, -0.1) is 0 Å². The predicted octanol–water partition coefficient (Wildman–Crippen LogP) is 4.56. The fourth-order valence-corrected chi connectivity index (χ4v) is 3.19. The number of ether oxygens (including phenoxy) is 1. The topological polar surface area (TPSA) is 144 Å². The van der Waals surface area contributed by atoms with E-state index in [0.717, 1.165) is 19.9 Å². The number of carbonyl (C=O) groups excluding carboxylic acids is 1. The molecule has 1 amide bonds. The number of amides is 1. The van der Waals surface area contributed by atoms with E-state index in [-0.39, 0.29) is 46.2 Å². The van der Waals surface area contributed by atoms with Crippen LogP contribution in [0, 0.1) is 11.3 Å². The molecule has 0 bridgehead atoms. The number of imidazole rings is 1.